The van der Waals surface area contributed by atoms with Crippen molar-refractivity contribution >= 4 is 34.7 Å². The minimum Gasteiger partial charge on any atom is -0.414 e. The van der Waals surface area contributed by atoms with Gasteiger partial charge in [0.1, 0.15) is 19.2 Å². The first-order valence-corrected chi connectivity index (χ1v) is 10.1. The Hall–Kier alpha value is -3.05. The Morgan fingerprint density at radius 1 is 1.36 bits per heavy atom. The lowest BCUT2D eigenvalue weighted by Gasteiger charge is -2.05. The lowest BCUT2D eigenvalue weighted by molar-refractivity contribution is -0.113. The van der Waals surface area contributed by atoms with Gasteiger partial charge in [0.05, 0.1) is 16.5 Å². The van der Waals surface area contributed by atoms with Gasteiger partial charge in [-0.05, 0) is 19.1 Å². The molecule has 0 aliphatic carbocycles. The summed E-state index contributed by atoms with van der Waals surface area (Å²) in [6, 6.07) is 7.60. The Bertz CT molecular complexity index is 1070. The molecule has 4 aromatic rings. The zero-order chi connectivity index (χ0) is 19.3. The molecular formula is C17H15N7O2S2. The molecule has 0 atom stereocenters. The fourth-order valence-electron chi connectivity index (χ4n) is 2.39. The number of carbonyl (C=O) groups is 1. The Morgan fingerprint density at radius 3 is 3.07 bits per heavy atom. The molecule has 3 aromatic heterocycles. The summed E-state index contributed by atoms with van der Waals surface area (Å²) in [5.74, 6) is 0.401. The molecule has 0 aliphatic rings. The van der Waals surface area contributed by atoms with E-state index in [9.17, 15) is 4.79 Å². The largest absolute Gasteiger partial charge is 0.414 e. The van der Waals surface area contributed by atoms with Gasteiger partial charge in [-0.15, -0.1) is 21.5 Å². The number of nitrogens with zero attached hydrogens (tertiary/aromatic N) is 6. The van der Waals surface area contributed by atoms with E-state index in [1.807, 2.05) is 36.6 Å². The van der Waals surface area contributed by atoms with Gasteiger partial charge >= 0.3 is 0 Å². The van der Waals surface area contributed by atoms with Crippen LogP contribution >= 0.6 is 23.1 Å². The molecule has 0 radical (unpaired) electrons. The first-order valence-electron chi connectivity index (χ1n) is 8.26. The number of aryl methyl sites for hydroxylation is 1. The molecule has 0 aliphatic heterocycles. The van der Waals surface area contributed by atoms with Crippen LogP contribution in [-0.4, -0.2) is 41.6 Å². The number of hydrogen-bond acceptors (Lipinski definition) is 9. The average Bonchev–Trinajstić information content (AvgIpc) is 3.43. The molecule has 0 fully saturated rings. The van der Waals surface area contributed by atoms with Gasteiger partial charge in [-0.2, -0.15) is 5.10 Å². The maximum atomic E-state index is 12.2. The number of hydrogen-bond donors (Lipinski definition) is 1. The van der Waals surface area contributed by atoms with E-state index in [4.69, 9.17) is 4.42 Å². The Labute approximate surface area is 168 Å². The van der Waals surface area contributed by atoms with Crippen LogP contribution in [0.2, 0.25) is 0 Å². The van der Waals surface area contributed by atoms with E-state index >= 15 is 0 Å². The van der Waals surface area contributed by atoms with Crippen molar-refractivity contribution in [3.05, 3.63) is 53.2 Å². The van der Waals surface area contributed by atoms with E-state index in [0.29, 0.717) is 23.3 Å². The third-order valence-electron chi connectivity index (χ3n) is 3.60. The van der Waals surface area contributed by atoms with Crippen LogP contribution in [0.15, 0.2) is 51.9 Å². The van der Waals surface area contributed by atoms with E-state index < -0.39 is 0 Å². The van der Waals surface area contributed by atoms with Crippen molar-refractivity contribution in [2.45, 2.75) is 18.7 Å². The Morgan fingerprint density at radius 2 is 2.29 bits per heavy atom. The van der Waals surface area contributed by atoms with Gasteiger partial charge in [-0.1, -0.05) is 23.9 Å². The van der Waals surface area contributed by atoms with Crippen LogP contribution in [0.3, 0.4) is 0 Å². The van der Waals surface area contributed by atoms with Crippen LogP contribution in [0.4, 0.5) is 5.69 Å². The predicted octanol–water partition coefficient (Wildman–Crippen LogP) is 2.87. The van der Waals surface area contributed by atoms with E-state index in [1.165, 1.54) is 18.1 Å². The number of carbonyl (C=O) groups excluding carboxylic acids is 1. The van der Waals surface area contributed by atoms with Crippen LogP contribution in [0.5, 0.6) is 0 Å². The van der Waals surface area contributed by atoms with Crippen molar-refractivity contribution in [1.29, 1.82) is 0 Å². The van der Waals surface area contributed by atoms with Gasteiger partial charge in [0.2, 0.25) is 11.8 Å². The number of thiazole rings is 1. The van der Waals surface area contributed by atoms with Crippen LogP contribution in [0, 0.1) is 6.92 Å². The smallest absolute Gasteiger partial charge is 0.277 e. The number of nitrogens with one attached hydrogen (secondary N) is 1. The highest BCUT2D eigenvalue weighted by atomic mass is 32.2. The van der Waals surface area contributed by atoms with E-state index in [-0.39, 0.29) is 11.7 Å². The molecule has 0 bridgehead atoms. The summed E-state index contributed by atoms with van der Waals surface area (Å²) < 4.78 is 7.08. The molecule has 142 valence electrons. The fraction of sp³-hybridized carbons (Fsp3) is 0.176. The van der Waals surface area contributed by atoms with Crippen LogP contribution in [-0.2, 0) is 11.3 Å². The Balaban J connectivity index is 1.32. The number of anilines is 1. The summed E-state index contributed by atoms with van der Waals surface area (Å²) in [6.45, 7) is 2.30. The van der Waals surface area contributed by atoms with Crippen molar-refractivity contribution in [2.24, 2.45) is 0 Å². The van der Waals surface area contributed by atoms with E-state index in [2.05, 4.69) is 30.6 Å². The zero-order valence-electron chi connectivity index (χ0n) is 14.8. The highest BCUT2D eigenvalue weighted by Gasteiger charge is 2.11. The van der Waals surface area contributed by atoms with Crippen molar-refractivity contribution in [3.8, 4) is 11.3 Å². The molecule has 1 amide bonds. The summed E-state index contributed by atoms with van der Waals surface area (Å²) in [5.41, 5.74) is 2.58. The number of thioether (sulfide) groups is 1. The quantitative estimate of drug-likeness (QED) is 0.460. The lowest BCUT2D eigenvalue weighted by Crippen LogP contribution is -2.14. The summed E-state index contributed by atoms with van der Waals surface area (Å²) >= 11 is 2.77. The van der Waals surface area contributed by atoms with Crippen molar-refractivity contribution < 1.29 is 9.21 Å². The van der Waals surface area contributed by atoms with Gasteiger partial charge in [-0.25, -0.2) is 14.6 Å². The van der Waals surface area contributed by atoms with Gasteiger partial charge in [0.15, 0.2) is 0 Å². The molecule has 28 heavy (non-hydrogen) atoms. The van der Waals surface area contributed by atoms with Gasteiger partial charge in [0, 0.05) is 16.6 Å². The summed E-state index contributed by atoms with van der Waals surface area (Å²) in [7, 11) is 0. The van der Waals surface area contributed by atoms with Gasteiger partial charge in [0.25, 0.3) is 5.22 Å². The molecule has 9 nitrogen and oxygen atoms in total. The van der Waals surface area contributed by atoms with Crippen molar-refractivity contribution in [1.82, 2.24) is 29.9 Å². The molecular weight excluding hydrogens is 398 g/mol. The normalized spacial score (nSPS) is 10.9. The maximum Gasteiger partial charge on any atom is 0.277 e. The van der Waals surface area contributed by atoms with Crippen LogP contribution < -0.4 is 5.32 Å². The summed E-state index contributed by atoms with van der Waals surface area (Å²) in [4.78, 5) is 20.6. The molecule has 11 heteroatoms. The topological polar surface area (TPSA) is 112 Å². The van der Waals surface area contributed by atoms with Gasteiger partial charge in [-0.3, -0.25) is 4.79 Å². The molecule has 3 heterocycles. The minimum atomic E-state index is -0.160. The fourth-order valence-corrected chi connectivity index (χ4v) is 3.59. The maximum absolute atomic E-state index is 12.2. The second-order valence-electron chi connectivity index (χ2n) is 5.72. The first kappa shape index (κ1) is 18.3. The zero-order valence-corrected chi connectivity index (χ0v) is 16.4. The van der Waals surface area contributed by atoms with Gasteiger partial charge < -0.3 is 9.73 Å². The second-order valence-corrected chi connectivity index (χ2v) is 7.71. The molecule has 0 spiro atoms. The number of amides is 1. The standard InChI is InChI=1S/C17H15N7O2S2/c1-11-20-14(7-27-11)12-3-2-4-13(5-12)21-15(25)8-28-17-23-22-16(26-17)6-24-10-18-9-19-24/h2-5,7,9-10H,6,8H2,1H3,(H,21,25). The highest BCUT2D eigenvalue weighted by molar-refractivity contribution is 7.99. The number of benzene rings is 1. The highest BCUT2D eigenvalue weighted by Crippen LogP contribution is 2.24. The third-order valence-corrected chi connectivity index (χ3v) is 5.19. The molecule has 1 aromatic carbocycles. The van der Waals surface area contributed by atoms with Crippen molar-refractivity contribution in [2.75, 3.05) is 11.1 Å². The molecule has 1 N–H and O–H groups in total. The predicted molar refractivity (Wildman–Crippen MR) is 105 cm³/mol. The van der Waals surface area contributed by atoms with Crippen molar-refractivity contribution in [3.63, 3.8) is 0 Å². The Kier molecular flexibility index (Phi) is 5.44. The van der Waals surface area contributed by atoms with E-state index in [1.54, 1.807) is 22.3 Å². The summed E-state index contributed by atoms with van der Waals surface area (Å²) in [6.07, 6.45) is 2.99. The monoisotopic (exact) mass is 413 g/mol. The number of aromatic nitrogens is 6. The molecule has 0 saturated heterocycles. The van der Waals surface area contributed by atoms with Crippen LogP contribution in [0.25, 0.3) is 11.3 Å². The SMILES string of the molecule is Cc1nc(-c2cccc(NC(=O)CSc3nnc(Cn4cncn4)o3)c2)cs1. The summed E-state index contributed by atoms with van der Waals surface area (Å²) in [5, 5.41) is 18.0. The first-order chi connectivity index (χ1) is 13.7. The lowest BCUT2D eigenvalue weighted by atomic mass is 10.1. The van der Waals surface area contributed by atoms with E-state index in [0.717, 1.165) is 16.3 Å². The van der Waals surface area contributed by atoms with Crippen LogP contribution in [0.1, 0.15) is 10.9 Å². The second kappa shape index (κ2) is 8.31. The molecule has 0 unspecified atom stereocenters. The average molecular weight is 413 g/mol. The number of rotatable bonds is 7. The molecule has 4 rings (SSSR count). The minimum absolute atomic E-state index is 0.158. The molecule has 0 saturated carbocycles. The third kappa shape index (κ3) is 4.61.